The molecule has 122 valence electrons. The lowest BCUT2D eigenvalue weighted by atomic mass is 9.94. The Morgan fingerprint density at radius 2 is 1.86 bits per heavy atom. The topological polar surface area (TPSA) is 64.6 Å². The van der Waals surface area contributed by atoms with Crippen LogP contribution in [0.3, 0.4) is 0 Å². The van der Waals surface area contributed by atoms with E-state index >= 15 is 0 Å². The van der Waals surface area contributed by atoms with E-state index in [1.54, 1.807) is 0 Å². The van der Waals surface area contributed by atoms with E-state index in [1.165, 1.54) is 7.11 Å². The van der Waals surface area contributed by atoms with Gasteiger partial charge in [-0.3, -0.25) is 4.79 Å². The normalized spacial score (nSPS) is 11.8. The fourth-order valence-electron chi connectivity index (χ4n) is 2.23. The molecule has 22 heavy (non-hydrogen) atoms. The smallest absolute Gasteiger partial charge is 0.407 e. The highest BCUT2D eigenvalue weighted by Crippen LogP contribution is 2.15. The van der Waals surface area contributed by atoms with E-state index < -0.39 is 6.09 Å². The number of nitrogens with one attached hydrogen (secondary N) is 1. The predicted octanol–water partition coefficient (Wildman–Crippen LogP) is 3.14. The zero-order chi connectivity index (χ0) is 16.4. The van der Waals surface area contributed by atoms with Crippen molar-refractivity contribution in [2.45, 2.75) is 33.3 Å². The van der Waals surface area contributed by atoms with Gasteiger partial charge in [0.25, 0.3) is 0 Å². The van der Waals surface area contributed by atoms with Crippen LogP contribution in [0.15, 0.2) is 30.3 Å². The molecule has 5 heteroatoms. The lowest BCUT2D eigenvalue weighted by Gasteiger charge is -2.18. The summed E-state index contributed by atoms with van der Waals surface area (Å²) >= 11 is 0. The Hall–Kier alpha value is -2.04. The van der Waals surface area contributed by atoms with Crippen LogP contribution < -0.4 is 5.32 Å². The summed E-state index contributed by atoms with van der Waals surface area (Å²) in [7, 11) is 1.37. The van der Waals surface area contributed by atoms with Crippen molar-refractivity contribution in [3.05, 3.63) is 35.9 Å². The first-order valence-electron chi connectivity index (χ1n) is 7.52. The second-order valence-electron chi connectivity index (χ2n) is 5.72. The maximum Gasteiger partial charge on any atom is 0.407 e. The molecule has 0 aromatic heterocycles. The number of methoxy groups -OCH3 is 1. The molecule has 0 bridgehead atoms. The maximum atomic E-state index is 11.7. The quantitative estimate of drug-likeness (QED) is 0.749. The number of amides is 1. The summed E-state index contributed by atoms with van der Waals surface area (Å²) in [6.07, 6.45) is 0.671. The van der Waals surface area contributed by atoms with Crippen LogP contribution in [0.5, 0.6) is 0 Å². The zero-order valence-electron chi connectivity index (χ0n) is 13.5. The number of hydrogen-bond donors (Lipinski definition) is 1. The molecule has 0 radical (unpaired) electrons. The third-order valence-corrected chi connectivity index (χ3v) is 3.24. The zero-order valence-corrected chi connectivity index (χ0v) is 13.5. The number of benzene rings is 1. The molecule has 0 fully saturated rings. The van der Waals surface area contributed by atoms with Gasteiger partial charge in [0, 0.05) is 6.54 Å². The van der Waals surface area contributed by atoms with Crippen molar-refractivity contribution in [1.82, 2.24) is 5.32 Å². The standard InChI is InChI=1S/C17H25NO4/c1-13(2)9-15(10-16(19)21-3)11-18-17(20)22-12-14-7-5-4-6-8-14/h4-8,13,15H,9-12H2,1-3H3,(H,18,20)/t15-/m1/s1. The van der Waals surface area contributed by atoms with Gasteiger partial charge in [-0.05, 0) is 23.8 Å². The number of carbonyl (C=O) groups excluding carboxylic acids is 2. The third-order valence-electron chi connectivity index (χ3n) is 3.24. The van der Waals surface area contributed by atoms with Crippen LogP contribution in [0.4, 0.5) is 4.79 Å². The fraction of sp³-hybridized carbons (Fsp3) is 0.529. The Morgan fingerprint density at radius 3 is 2.45 bits per heavy atom. The van der Waals surface area contributed by atoms with E-state index in [0.717, 1.165) is 12.0 Å². The van der Waals surface area contributed by atoms with Crippen molar-refractivity contribution in [2.24, 2.45) is 11.8 Å². The van der Waals surface area contributed by atoms with Gasteiger partial charge in [-0.15, -0.1) is 0 Å². The van der Waals surface area contributed by atoms with Gasteiger partial charge in [0.1, 0.15) is 6.61 Å². The van der Waals surface area contributed by atoms with E-state index in [2.05, 4.69) is 19.2 Å². The van der Waals surface area contributed by atoms with Gasteiger partial charge in [-0.25, -0.2) is 4.79 Å². The lowest BCUT2D eigenvalue weighted by molar-refractivity contribution is -0.141. The molecule has 1 N–H and O–H groups in total. The minimum atomic E-state index is -0.470. The number of rotatable bonds is 8. The number of hydrogen-bond acceptors (Lipinski definition) is 4. The van der Waals surface area contributed by atoms with E-state index in [9.17, 15) is 9.59 Å². The van der Waals surface area contributed by atoms with Crippen LogP contribution >= 0.6 is 0 Å². The molecule has 0 aliphatic heterocycles. The molecule has 1 rings (SSSR count). The SMILES string of the molecule is COC(=O)C[C@H](CNC(=O)OCc1ccccc1)CC(C)C. The first-order chi connectivity index (χ1) is 10.5. The van der Waals surface area contributed by atoms with E-state index in [0.29, 0.717) is 18.9 Å². The number of ether oxygens (including phenoxy) is 2. The minimum absolute atomic E-state index is 0.0525. The molecular formula is C17H25NO4. The summed E-state index contributed by atoms with van der Waals surface area (Å²) in [5, 5.41) is 2.72. The molecule has 5 nitrogen and oxygen atoms in total. The highest BCUT2D eigenvalue weighted by atomic mass is 16.5. The summed E-state index contributed by atoms with van der Waals surface area (Å²) in [5.74, 6) is 0.235. The first-order valence-corrected chi connectivity index (χ1v) is 7.52. The second-order valence-corrected chi connectivity index (χ2v) is 5.72. The Labute approximate surface area is 132 Å². The molecule has 1 amide bonds. The van der Waals surface area contributed by atoms with Crippen LogP contribution in [0.1, 0.15) is 32.3 Å². The number of alkyl carbamates (subject to hydrolysis) is 1. The summed E-state index contributed by atoms with van der Waals surface area (Å²) in [5.41, 5.74) is 0.936. The Morgan fingerprint density at radius 1 is 1.18 bits per heavy atom. The molecule has 0 heterocycles. The first kappa shape index (κ1) is 18.0. The van der Waals surface area contributed by atoms with Crippen molar-refractivity contribution >= 4 is 12.1 Å². The molecule has 0 aliphatic carbocycles. The number of esters is 1. The summed E-state index contributed by atoms with van der Waals surface area (Å²) < 4.78 is 9.84. The summed E-state index contributed by atoms with van der Waals surface area (Å²) in [6, 6.07) is 9.49. The third kappa shape index (κ3) is 7.67. The molecule has 1 aromatic carbocycles. The van der Waals surface area contributed by atoms with Crippen molar-refractivity contribution in [3.63, 3.8) is 0 Å². The van der Waals surface area contributed by atoms with Crippen LogP contribution in [0.2, 0.25) is 0 Å². The van der Waals surface area contributed by atoms with Crippen molar-refractivity contribution in [3.8, 4) is 0 Å². The minimum Gasteiger partial charge on any atom is -0.469 e. The Balaban J connectivity index is 2.36. The molecule has 1 atom stereocenters. The summed E-state index contributed by atoms with van der Waals surface area (Å²) in [4.78, 5) is 23.1. The molecule has 0 saturated heterocycles. The average molecular weight is 307 g/mol. The van der Waals surface area contributed by atoms with Crippen molar-refractivity contribution in [2.75, 3.05) is 13.7 Å². The Bertz CT molecular complexity index is 459. The van der Waals surface area contributed by atoms with E-state index in [4.69, 9.17) is 9.47 Å². The molecule has 0 saturated carbocycles. The predicted molar refractivity (Wildman–Crippen MR) is 84.2 cm³/mol. The lowest BCUT2D eigenvalue weighted by Crippen LogP contribution is -2.31. The van der Waals surface area contributed by atoms with Crippen LogP contribution in [-0.4, -0.2) is 25.7 Å². The molecule has 0 unspecified atom stereocenters. The largest absolute Gasteiger partial charge is 0.469 e. The molecule has 0 spiro atoms. The van der Waals surface area contributed by atoms with Crippen LogP contribution in [-0.2, 0) is 20.9 Å². The molecule has 0 aliphatic rings. The van der Waals surface area contributed by atoms with E-state index in [-0.39, 0.29) is 18.5 Å². The van der Waals surface area contributed by atoms with Crippen molar-refractivity contribution in [1.29, 1.82) is 0 Å². The summed E-state index contributed by atoms with van der Waals surface area (Å²) in [6.45, 7) is 4.80. The number of carbonyl (C=O) groups is 2. The second kappa shape index (κ2) is 9.82. The van der Waals surface area contributed by atoms with Gasteiger partial charge in [0.2, 0.25) is 0 Å². The van der Waals surface area contributed by atoms with Gasteiger partial charge in [0.15, 0.2) is 0 Å². The van der Waals surface area contributed by atoms with Crippen molar-refractivity contribution < 1.29 is 19.1 Å². The maximum absolute atomic E-state index is 11.7. The van der Waals surface area contributed by atoms with Gasteiger partial charge < -0.3 is 14.8 Å². The molecule has 1 aromatic rings. The van der Waals surface area contributed by atoms with Gasteiger partial charge in [0.05, 0.1) is 13.5 Å². The fourth-order valence-corrected chi connectivity index (χ4v) is 2.23. The van der Waals surface area contributed by atoms with E-state index in [1.807, 2.05) is 30.3 Å². The van der Waals surface area contributed by atoms with Crippen LogP contribution in [0, 0.1) is 11.8 Å². The van der Waals surface area contributed by atoms with Gasteiger partial charge in [-0.1, -0.05) is 44.2 Å². The van der Waals surface area contributed by atoms with Gasteiger partial charge in [-0.2, -0.15) is 0 Å². The monoisotopic (exact) mass is 307 g/mol. The van der Waals surface area contributed by atoms with Crippen LogP contribution in [0.25, 0.3) is 0 Å². The highest BCUT2D eigenvalue weighted by molar-refractivity contribution is 5.70. The Kier molecular flexibility index (Phi) is 8.04. The highest BCUT2D eigenvalue weighted by Gasteiger charge is 2.17. The average Bonchev–Trinajstić information content (AvgIpc) is 2.51. The molecular weight excluding hydrogens is 282 g/mol. The van der Waals surface area contributed by atoms with Gasteiger partial charge >= 0.3 is 12.1 Å².